The van der Waals surface area contributed by atoms with E-state index in [0.717, 1.165) is 16.5 Å². The Bertz CT molecular complexity index is 1280. The molecule has 0 bridgehead atoms. The summed E-state index contributed by atoms with van der Waals surface area (Å²) in [6.45, 7) is 5.00. The number of hydrogen-bond donors (Lipinski definition) is 1. The van der Waals surface area contributed by atoms with Crippen LogP contribution in [0.25, 0.3) is 22.1 Å². The molecule has 0 saturated heterocycles. The lowest BCUT2D eigenvalue weighted by atomic mass is 10.1. The molecule has 1 amide bonds. The predicted octanol–water partition coefficient (Wildman–Crippen LogP) is 3.72. The molecular weight excluding hydrogens is 429 g/mol. The number of fused-ring (bicyclic) bond motifs is 3. The van der Waals surface area contributed by atoms with Crippen LogP contribution < -0.4 is 5.32 Å². The second-order valence-electron chi connectivity index (χ2n) is 7.51. The summed E-state index contributed by atoms with van der Waals surface area (Å²) in [7, 11) is 1.58. The monoisotopic (exact) mass is 453 g/mol. The van der Waals surface area contributed by atoms with Crippen LogP contribution in [0.1, 0.15) is 18.1 Å². The SMILES string of the molecule is COCCNC(=O)C(C)Sc1nnc2c3cc(C)ccc3n(Cc3ccccc3F)c2n1. The van der Waals surface area contributed by atoms with Gasteiger partial charge in [-0.15, -0.1) is 10.2 Å². The molecule has 2 aromatic carbocycles. The molecule has 0 aliphatic heterocycles. The Balaban J connectivity index is 1.72. The van der Waals surface area contributed by atoms with E-state index >= 15 is 0 Å². The van der Waals surface area contributed by atoms with E-state index in [1.807, 2.05) is 35.8 Å². The maximum absolute atomic E-state index is 14.4. The largest absolute Gasteiger partial charge is 0.383 e. The minimum atomic E-state index is -0.405. The average molecular weight is 454 g/mol. The molecule has 2 aromatic heterocycles. The van der Waals surface area contributed by atoms with E-state index in [-0.39, 0.29) is 11.7 Å². The standard InChI is InChI=1S/C23H24FN5O2S/c1-14-8-9-19-17(12-14)20-21(29(19)13-16-6-4-5-7-18(16)24)26-23(28-27-20)32-15(2)22(30)25-10-11-31-3/h4-9,12,15H,10-11,13H2,1-3H3,(H,25,30). The van der Waals surface area contributed by atoms with Gasteiger partial charge in [0.2, 0.25) is 11.1 Å². The number of nitrogens with zero attached hydrogens (tertiary/aromatic N) is 4. The fraction of sp³-hybridized carbons (Fsp3) is 0.304. The molecule has 4 rings (SSSR count). The van der Waals surface area contributed by atoms with E-state index < -0.39 is 5.25 Å². The Kier molecular flexibility index (Phi) is 6.66. The second kappa shape index (κ2) is 9.62. The number of aromatic nitrogens is 4. The Labute approximate surface area is 189 Å². The molecule has 0 radical (unpaired) electrons. The number of carbonyl (C=O) groups excluding carboxylic acids is 1. The van der Waals surface area contributed by atoms with Gasteiger partial charge in [-0.05, 0) is 32.0 Å². The van der Waals surface area contributed by atoms with Crippen molar-refractivity contribution in [1.29, 1.82) is 0 Å². The zero-order valence-electron chi connectivity index (χ0n) is 18.1. The van der Waals surface area contributed by atoms with Gasteiger partial charge in [0.05, 0.1) is 23.9 Å². The average Bonchev–Trinajstić information content (AvgIpc) is 3.07. The highest BCUT2D eigenvalue weighted by molar-refractivity contribution is 8.00. The van der Waals surface area contributed by atoms with E-state index in [1.165, 1.54) is 17.8 Å². The first-order valence-electron chi connectivity index (χ1n) is 10.3. The van der Waals surface area contributed by atoms with Crippen LogP contribution in [-0.2, 0) is 16.1 Å². The molecule has 0 fully saturated rings. The third kappa shape index (κ3) is 4.58. The summed E-state index contributed by atoms with van der Waals surface area (Å²) in [5.74, 6) is -0.397. The summed E-state index contributed by atoms with van der Waals surface area (Å²) >= 11 is 1.23. The first-order valence-corrected chi connectivity index (χ1v) is 11.2. The quantitative estimate of drug-likeness (QED) is 0.324. The van der Waals surface area contributed by atoms with Gasteiger partial charge in [0.15, 0.2) is 5.65 Å². The fourth-order valence-corrected chi connectivity index (χ4v) is 4.23. The van der Waals surface area contributed by atoms with E-state index in [9.17, 15) is 9.18 Å². The van der Waals surface area contributed by atoms with Gasteiger partial charge in [0.1, 0.15) is 11.3 Å². The van der Waals surface area contributed by atoms with Gasteiger partial charge >= 0.3 is 0 Å². The number of amides is 1. The van der Waals surface area contributed by atoms with Crippen molar-refractivity contribution in [2.45, 2.75) is 30.8 Å². The number of aryl methyl sites for hydroxylation is 1. The van der Waals surface area contributed by atoms with E-state index in [4.69, 9.17) is 9.72 Å². The van der Waals surface area contributed by atoms with Crippen LogP contribution in [0, 0.1) is 12.7 Å². The van der Waals surface area contributed by atoms with Crippen LogP contribution in [0.5, 0.6) is 0 Å². The summed E-state index contributed by atoms with van der Waals surface area (Å²) in [5.41, 5.74) is 3.82. The molecule has 0 aliphatic carbocycles. The van der Waals surface area contributed by atoms with Crippen LogP contribution in [0.4, 0.5) is 4.39 Å². The van der Waals surface area contributed by atoms with Gasteiger partial charge < -0.3 is 14.6 Å². The van der Waals surface area contributed by atoms with Crippen molar-refractivity contribution in [3.05, 3.63) is 59.4 Å². The molecule has 0 aliphatic rings. The number of ether oxygens (including phenoxy) is 1. The van der Waals surface area contributed by atoms with Gasteiger partial charge in [-0.2, -0.15) is 0 Å². The van der Waals surface area contributed by atoms with E-state index in [1.54, 1.807) is 26.2 Å². The number of carbonyl (C=O) groups is 1. The van der Waals surface area contributed by atoms with E-state index in [2.05, 4.69) is 15.5 Å². The molecule has 2 heterocycles. The maximum atomic E-state index is 14.4. The van der Waals surface area contributed by atoms with Crippen LogP contribution >= 0.6 is 11.8 Å². The molecule has 32 heavy (non-hydrogen) atoms. The van der Waals surface area contributed by atoms with Gasteiger partial charge in [-0.25, -0.2) is 9.37 Å². The Morgan fingerprint density at radius 3 is 2.84 bits per heavy atom. The molecule has 1 atom stereocenters. The van der Waals surface area contributed by atoms with Gasteiger partial charge in [-0.3, -0.25) is 4.79 Å². The highest BCUT2D eigenvalue weighted by atomic mass is 32.2. The summed E-state index contributed by atoms with van der Waals surface area (Å²) < 4.78 is 21.3. The first-order chi connectivity index (χ1) is 15.5. The van der Waals surface area contributed by atoms with Crippen molar-refractivity contribution in [3.8, 4) is 0 Å². The van der Waals surface area contributed by atoms with Crippen LogP contribution in [0.3, 0.4) is 0 Å². The molecular formula is C23H24FN5O2S. The van der Waals surface area contributed by atoms with Crippen molar-refractivity contribution in [1.82, 2.24) is 25.1 Å². The third-order valence-electron chi connectivity index (χ3n) is 5.15. The minimum absolute atomic E-state index is 0.127. The van der Waals surface area contributed by atoms with Crippen molar-refractivity contribution < 1.29 is 13.9 Å². The van der Waals surface area contributed by atoms with Crippen LogP contribution in [0.15, 0.2) is 47.6 Å². The summed E-state index contributed by atoms with van der Waals surface area (Å²) in [4.78, 5) is 17.0. The molecule has 9 heteroatoms. The molecule has 0 saturated carbocycles. The molecule has 4 aromatic rings. The maximum Gasteiger partial charge on any atom is 0.233 e. The Hall–Kier alpha value is -3.04. The number of methoxy groups -OCH3 is 1. The number of halogens is 1. The normalized spacial score (nSPS) is 12.4. The molecule has 7 nitrogen and oxygen atoms in total. The van der Waals surface area contributed by atoms with Gasteiger partial charge in [-0.1, -0.05) is 41.6 Å². The summed E-state index contributed by atoms with van der Waals surface area (Å²) in [5, 5.41) is 12.4. The van der Waals surface area contributed by atoms with Crippen LogP contribution in [-0.4, -0.2) is 51.2 Å². The lowest BCUT2D eigenvalue weighted by Crippen LogP contribution is -2.33. The lowest BCUT2D eigenvalue weighted by molar-refractivity contribution is -0.120. The first kappa shape index (κ1) is 22.2. The van der Waals surface area contributed by atoms with Gasteiger partial charge in [0.25, 0.3) is 0 Å². The highest BCUT2D eigenvalue weighted by Crippen LogP contribution is 2.30. The number of rotatable bonds is 8. The number of thioether (sulfide) groups is 1. The molecule has 1 unspecified atom stereocenters. The smallest absolute Gasteiger partial charge is 0.233 e. The summed E-state index contributed by atoms with van der Waals surface area (Å²) in [6, 6.07) is 12.7. The van der Waals surface area contributed by atoms with E-state index in [0.29, 0.717) is 41.6 Å². The molecule has 166 valence electrons. The topological polar surface area (TPSA) is 81.9 Å². The molecule has 1 N–H and O–H groups in total. The molecule has 0 spiro atoms. The number of benzene rings is 2. The van der Waals surface area contributed by atoms with Crippen molar-refractivity contribution in [2.24, 2.45) is 0 Å². The Morgan fingerprint density at radius 2 is 2.06 bits per heavy atom. The summed E-state index contributed by atoms with van der Waals surface area (Å²) in [6.07, 6.45) is 0. The van der Waals surface area contributed by atoms with Crippen molar-refractivity contribution >= 4 is 39.7 Å². The predicted molar refractivity (Wildman–Crippen MR) is 123 cm³/mol. The minimum Gasteiger partial charge on any atom is -0.383 e. The van der Waals surface area contributed by atoms with Crippen molar-refractivity contribution in [2.75, 3.05) is 20.3 Å². The Morgan fingerprint density at radius 1 is 1.25 bits per heavy atom. The zero-order chi connectivity index (χ0) is 22.7. The number of hydrogen-bond acceptors (Lipinski definition) is 6. The van der Waals surface area contributed by atoms with Crippen molar-refractivity contribution in [3.63, 3.8) is 0 Å². The van der Waals surface area contributed by atoms with Crippen LogP contribution in [0.2, 0.25) is 0 Å². The highest BCUT2D eigenvalue weighted by Gasteiger charge is 2.20. The third-order valence-corrected chi connectivity index (χ3v) is 6.10. The number of nitrogens with one attached hydrogen (secondary N) is 1. The lowest BCUT2D eigenvalue weighted by Gasteiger charge is -2.11. The zero-order valence-corrected chi connectivity index (χ0v) is 18.9. The van der Waals surface area contributed by atoms with Gasteiger partial charge in [0, 0.05) is 24.6 Å². The fourth-order valence-electron chi connectivity index (χ4n) is 3.49. The second-order valence-corrected chi connectivity index (χ2v) is 8.82.